The van der Waals surface area contributed by atoms with Crippen molar-refractivity contribution in [3.05, 3.63) is 70.3 Å². The lowest BCUT2D eigenvalue weighted by Gasteiger charge is -2.42. The number of amides is 1. The predicted molar refractivity (Wildman–Crippen MR) is 143 cm³/mol. The second kappa shape index (κ2) is 10.3. The van der Waals surface area contributed by atoms with E-state index in [1.165, 1.54) is 41.4 Å². The zero-order valence-corrected chi connectivity index (χ0v) is 21.3. The van der Waals surface area contributed by atoms with E-state index in [0.29, 0.717) is 24.2 Å². The molecule has 3 aromatic rings. The number of aryl methyl sites for hydroxylation is 1. The largest absolute Gasteiger partial charge is 0.343 e. The molecule has 0 aliphatic carbocycles. The van der Waals surface area contributed by atoms with Crippen LogP contribution >= 0.6 is 0 Å². The van der Waals surface area contributed by atoms with Gasteiger partial charge in [0.25, 0.3) is 5.56 Å². The third-order valence-electron chi connectivity index (χ3n) is 8.57. The van der Waals surface area contributed by atoms with Crippen molar-refractivity contribution in [2.24, 2.45) is 5.92 Å². The molecule has 3 aliphatic heterocycles. The molecule has 5 heterocycles. The molecule has 2 saturated heterocycles. The fourth-order valence-corrected chi connectivity index (χ4v) is 6.87. The first kappa shape index (κ1) is 23.5. The number of rotatable bonds is 6. The fraction of sp³-hybridized carbons (Fsp3) is 0.533. The number of aromatic nitrogens is 2. The minimum absolute atomic E-state index is 0.144. The van der Waals surface area contributed by atoms with Gasteiger partial charge in [-0.1, -0.05) is 37.1 Å². The van der Waals surface area contributed by atoms with Crippen molar-refractivity contribution in [2.45, 2.75) is 70.5 Å². The Balaban J connectivity index is 1.14. The first-order chi connectivity index (χ1) is 17.7. The van der Waals surface area contributed by atoms with Crippen molar-refractivity contribution < 1.29 is 4.79 Å². The highest BCUT2D eigenvalue weighted by Gasteiger charge is 2.34. The molecule has 2 fully saturated rings. The van der Waals surface area contributed by atoms with E-state index in [-0.39, 0.29) is 5.56 Å². The van der Waals surface area contributed by atoms with Gasteiger partial charge in [-0.2, -0.15) is 0 Å². The number of likely N-dealkylation sites (tertiary alicyclic amines) is 2. The van der Waals surface area contributed by atoms with Gasteiger partial charge in [-0.15, -0.1) is 0 Å². The zero-order valence-electron chi connectivity index (χ0n) is 21.3. The Morgan fingerprint density at radius 2 is 1.75 bits per heavy atom. The lowest BCUT2D eigenvalue weighted by Crippen LogP contribution is -2.47. The number of nitrogens with zero attached hydrogens (tertiary/aromatic N) is 4. The second-order valence-electron chi connectivity index (χ2n) is 11.2. The van der Waals surface area contributed by atoms with Gasteiger partial charge in [-0.25, -0.2) is 0 Å². The van der Waals surface area contributed by atoms with Gasteiger partial charge in [0, 0.05) is 73.9 Å². The molecule has 190 valence electrons. The summed E-state index contributed by atoms with van der Waals surface area (Å²) in [5.74, 6) is 1.29. The molecule has 0 spiro atoms. The van der Waals surface area contributed by atoms with Crippen LogP contribution < -0.4 is 5.56 Å². The highest BCUT2D eigenvalue weighted by Crippen LogP contribution is 2.35. The minimum atomic E-state index is 0.144. The maximum Gasteiger partial charge on any atom is 0.250 e. The summed E-state index contributed by atoms with van der Waals surface area (Å²) in [7, 11) is 0. The number of pyridine rings is 1. The number of para-hydroxylation sites is 1. The average Bonchev–Trinajstić information content (AvgIpc) is 3.04. The van der Waals surface area contributed by atoms with E-state index in [0.717, 1.165) is 65.1 Å². The van der Waals surface area contributed by atoms with Gasteiger partial charge in [0.05, 0.1) is 6.67 Å². The first-order valence-corrected chi connectivity index (χ1v) is 13.9. The van der Waals surface area contributed by atoms with Crippen molar-refractivity contribution in [3.63, 3.8) is 0 Å². The predicted octanol–water partition coefficient (Wildman–Crippen LogP) is 4.61. The van der Waals surface area contributed by atoms with E-state index in [9.17, 15) is 9.59 Å². The molecular formula is C30H38N4O2. The van der Waals surface area contributed by atoms with Crippen LogP contribution in [0.4, 0.5) is 0 Å². The van der Waals surface area contributed by atoms with Crippen LogP contribution in [0.15, 0.2) is 53.5 Å². The van der Waals surface area contributed by atoms with Gasteiger partial charge >= 0.3 is 0 Å². The number of fused-ring (bicyclic) bond motifs is 5. The molecular weight excluding hydrogens is 448 g/mol. The number of piperidine rings is 1. The SMILES string of the molecule is O=C(CCCc1cn(CN2CC3CC(C2)c2cccc(=O)n2C3)c2ccccc12)N1CCCCCC1. The first-order valence-electron chi connectivity index (χ1n) is 13.9. The Labute approximate surface area is 213 Å². The maximum absolute atomic E-state index is 12.8. The average molecular weight is 487 g/mol. The molecule has 6 nitrogen and oxygen atoms in total. The Hall–Kier alpha value is -2.86. The topological polar surface area (TPSA) is 50.5 Å². The van der Waals surface area contributed by atoms with E-state index >= 15 is 0 Å². The van der Waals surface area contributed by atoms with Gasteiger partial charge in [-0.05, 0) is 55.7 Å². The number of hydrogen-bond acceptors (Lipinski definition) is 3. The molecule has 2 bridgehead atoms. The molecule has 1 amide bonds. The lowest BCUT2D eigenvalue weighted by atomic mass is 9.83. The molecule has 36 heavy (non-hydrogen) atoms. The summed E-state index contributed by atoms with van der Waals surface area (Å²) in [5, 5.41) is 1.31. The van der Waals surface area contributed by atoms with Crippen LogP contribution in [0.25, 0.3) is 10.9 Å². The molecule has 6 heteroatoms. The van der Waals surface area contributed by atoms with Crippen LogP contribution in [0.2, 0.25) is 0 Å². The summed E-state index contributed by atoms with van der Waals surface area (Å²) in [6.45, 7) is 5.61. The van der Waals surface area contributed by atoms with Crippen molar-refractivity contribution in [1.29, 1.82) is 0 Å². The second-order valence-corrected chi connectivity index (χ2v) is 11.2. The van der Waals surface area contributed by atoms with E-state index in [1.807, 2.05) is 10.6 Å². The van der Waals surface area contributed by atoms with E-state index < -0.39 is 0 Å². The number of hydrogen-bond donors (Lipinski definition) is 0. The van der Waals surface area contributed by atoms with Crippen molar-refractivity contribution >= 4 is 16.8 Å². The van der Waals surface area contributed by atoms with Crippen molar-refractivity contribution in [3.8, 4) is 0 Å². The lowest BCUT2D eigenvalue weighted by molar-refractivity contribution is -0.131. The molecule has 0 radical (unpaired) electrons. The molecule has 0 saturated carbocycles. The Bertz CT molecular complexity index is 1280. The number of carbonyl (C=O) groups is 1. The van der Waals surface area contributed by atoms with E-state index in [1.54, 1.807) is 6.07 Å². The summed E-state index contributed by atoms with van der Waals surface area (Å²) in [6.07, 6.45) is 10.8. The molecule has 3 aliphatic rings. The summed E-state index contributed by atoms with van der Waals surface area (Å²) < 4.78 is 4.41. The van der Waals surface area contributed by atoms with Gasteiger partial charge < -0.3 is 14.0 Å². The Morgan fingerprint density at radius 1 is 0.917 bits per heavy atom. The van der Waals surface area contributed by atoms with Crippen molar-refractivity contribution in [1.82, 2.24) is 18.9 Å². The minimum Gasteiger partial charge on any atom is -0.343 e. The summed E-state index contributed by atoms with van der Waals surface area (Å²) >= 11 is 0. The van der Waals surface area contributed by atoms with Crippen LogP contribution in [0.5, 0.6) is 0 Å². The number of carbonyl (C=O) groups excluding carboxylic acids is 1. The number of benzene rings is 1. The van der Waals surface area contributed by atoms with Crippen LogP contribution in [-0.4, -0.2) is 51.0 Å². The summed E-state index contributed by atoms with van der Waals surface area (Å²) in [4.78, 5) is 29.8. The van der Waals surface area contributed by atoms with E-state index in [4.69, 9.17) is 0 Å². The van der Waals surface area contributed by atoms with Crippen LogP contribution in [0, 0.1) is 5.92 Å². The molecule has 6 rings (SSSR count). The third kappa shape index (κ3) is 4.75. The van der Waals surface area contributed by atoms with Crippen LogP contribution in [0.3, 0.4) is 0 Å². The smallest absolute Gasteiger partial charge is 0.250 e. The highest BCUT2D eigenvalue weighted by atomic mass is 16.2. The van der Waals surface area contributed by atoms with Gasteiger partial charge in [-0.3, -0.25) is 14.5 Å². The molecule has 2 unspecified atom stereocenters. The Morgan fingerprint density at radius 3 is 2.61 bits per heavy atom. The monoisotopic (exact) mass is 486 g/mol. The van der Waals surface area contributed by atoms with Gasteiger partial charge in [0.2, 0.25) is 5.91 Å². The Kier molecular flexibility index (Phi) is 6.70. The quantitative estimate of drug-likeness (QED) is 0.512. The van der Waals surface area contributed by atoms with Gasteiger partial charge in [0.15, 0.2) is 0 Å². The summed E-state index contributed by atoms with van der Waals surface area (Å²) in [6, 6.07) is 14.4. The third-order valence-corrected chi connectivity index (χ3v) is 8.57. The molecule has 2 atom stereocenters. The molecule has 2 aromatic heterocycles. The molecule has 1 aromatic carbocycles. The summed E-state index contributed by atoms with van der Waals surface area (Å²) in [5.41, 5.74) is 3.98. The van der Waals surface area contributed by atoms with E-state index in [2.05, 4.69) is 50.9 Å². The van der Waals surface area contributed by atoms with Crippen molar-refractivity contribution in [2.75, 3.05) is 26.2 Å². The standard InChI is InChI=1S/C30H38N4O2/c35-29(32-15-5-1-2-6-16-32)13-7-9-24-21-33(28-11-4-3-10-26(24)28)22-31-18-23-17-25(20-31)27-12-8-14-30(36)34(27)19-23/h3-4,8,10-12,14,21,23,25H,1-2,5-7,9,13,15-20,22H2. The van der Waals surface area contributed by atoms with Crippen LogP contribution in [0.1, 0.15) is 62.1 Å². The maximum atomic E-state index is 12.8. The highest BCUT2D eigenvalue weighted by molar-refractivity contribution is 5.84. The normalized spacial score (nSPS) is 22.4. The molecule has 0 N–H and O–H groups in total. The zero-order chi connectivity index (χ0) is 24.5. The van der Waals surface area contributed by atoms with Gasteiger partial charge in [0.1, 0.15) is 0 Å². The van der Waals surface area contributed by atoms with Crippen LogP contribution in [-0.2, 0) is 24.4 Å². The fourth-order valence-electron chi connectivity index (χ4n) is 6.87.